The number of carbonyl (C=O) groups excluding carboxylic acids is 2. The number of nitrogens with one attached hydrogen (secondary N) is 2. The minimum absolute atomic E-state index is 0.155. The third-order valence-electron chi connectivity index (χ3n) is 6.29. The van der Waals surface area contributed by atoms with Crippen LogP contribution in [0, 0.1) is 5.92 Å². The molecule has 3 rings (SSSR count). The van der Waals surface area contributed by atoms with Crippen LogP contribution in [0.3, 0.4) is 0 Å². The van der Waals surface area contributed by atoms with Gasteiger partial charge in [-0.25, -0.2) is 0 Å². The highest BCUT2D eigenvalue weighted by Gasteiger charge is 2.24. The second-order valence-electron chi connectivity index (χ2n) is 8.29. The average molecular weight is 365 g/mol. The predicted octanol–water partition coefficient (Wildman–Crippen LogP) is 1.36. The van der Waals surface area contributed by atoms with Crippen molar-refractivity contribution in [1.29, 1.82) is 0 Å². The smallest absolute Gasteiger partial charge is 0.234 e. The molecule has 3 fully saturated rings. The molecular formula is C20H36N4O2. The van der Waals surface area contributed by atoms with Gasteiger partial charge in [-0.2, -0.15) is 0 Å². The number of amides is 2. The lowest BCUT2D eigenvalue weighted by Gasteiger charge is -2.35. The maximum atomic E-state index is 12.4. The molecule has 0 radical (unpaired) electrons. The quantitative estimate of drug-likeness (QED) is 0.747. The molecule has 26 heavy (non-hydrogen) atoms. The van der Waals surface area contributed by atoms with Gasteiger partial charge in [0.2, 0.25) is 11.8 Å². The predicted molar refractivity (Wildman–Crippen MR) is 103 cm³/mol. The van der Waals surface area contributed by atoms with Gasteiger partial charge >= 0.3 is 0 Å². The fraction of sp³-hybridized carbons (Fsp3) is 0.900. The van der Waals surface area contributed by atoms with Crippen molar-refractivity contribution in [3.8, 4) is 0 Å². The minimum atomic E-state index is 0.155. The molecule has 0 atom stereocenters. The first-order chi connectivity index (χ1) is 12.7. The van der Waals surface area contributed by atoms with Gasteiger partial charge in [-0.15, -0.1) is 0 Å². The van der Waals surface area contributed by atoms with Crippen molar-refractivity contribution >= 4 is 11.8 Å². The Morgan fingerprint density at radius 3 is 2.31 bits per heavy atom. The van der Waals surface area contributed by atoms with E-state index in [2.05, 4.69) is 15.5 Å². The van der Waals surface area contributed by atoms with E-state index in [-0.39, 0.29) is 5.91 Å². The van der Waals surface area contributed by atoms with Crippen LogP contribution in [0.2, 0.25) is 0 Å². The summed E-state index contributed by atoms with van der Waals surface area (Å²) in [4.78, 5) is 28.9. The summed E-state index contributed by atoms with van der Waals surface area (Å²) in [5, 5.41) is 6.57. The number of rotatable bonds is 6. The molecule has 6 heteroatoms. The Kier molecular flexibility index (Phi) is 7.74. The molecule has 0 aromatic heterocycles. The molecule has 3 aliphatic rings. The average Bonchev–Trinajstić information content (AvgIpc) is 2.68. The fourth-order valence-corrected chi connectivity index (χ4v) is 4.53. The number of piperazine rings is 1. The topological polar surface area (TPSA) is 64.7 Å². The Bertz CT molecular complexity index is 451. The van der Waals surface area contributed by atoms with Crippen LogP contribution in [-0.4, -0.2) is 73.5 Å². The summed E-state index contributed by atoms with van der Waals surface area (Å²) in [5.74, 6) is 1.17. The zero-order chi connectivity index (χ0) is 18.2. The molecule has 0 aromatic rings. The summed E-state index contributed by atoms with van der Waals surface area (Å²) in [7, 11) is 0. The number of nitrogens with zero attached hydrogens (tertiary/aromatic N) is 2. The second kappa shape index (κ2) is 10.3. The van der Waals surface area contributed by atoms with Crippen molar-refractivity contribution in [2.45, 2.75) is 63.8 Å². The summed E-state index contributed by atoms with van der Waals surface area (Å²) in [6.45, 7) is 5.84. The largest absolute Gasteiger partial charge is 0.352 e. The van der Waals surface area contributed by atoms with Gasteiger partial charge in [0, 0.05) is 38.6 Å². The summed E-state index contributed by atoms with van der Waals surface area (Å²) in [6.07, 6.45) is 10.2. The van der Waals surface area contributed by atoms with E-state index in [9.17, 15) is 9.59 Å². The Balaban J connectivity index is 1.30. The number of piperidine rings is 1. The van der Waals surface area contributed by atoms with Crippen LogP contribution in [0.15, 0.2) is 0 Å². The van der Waals surface area contributed by atoms with Crippen LogP contribution in [0.25, 0.3) is 0 Å². The summed E-state index contributed by atoms with van der Waals surface area (Å²) in [6, 6.07) is 0.383. The van der Waals surface area contributed by atoms with Crippen molar-refractivity contribution in [3.63, 3.8) is 0 Å². The van der Waals surface area contributed by atoms with E-state index >= 15 is 0 Å². The van der Waals surface area contributed by atoms with E-state index in [1.807, 2.05) is 4.90 Å². The number of carbonyl (C=O) groups is 2. The number of hydrogen-bond donors (Lipinski definition) is 2. The molecular weight excluding hydrogens is 328 g/mol. The van der Waals surface area contributed by atoms with Crippen molar-refractivity contribution < 1.29 is 9.59 Å². The lowest BCUT2D eigenvalue weighted by Crippen LogP contribution is -2.52. The first-order valence-corrected chi connectivity index (χ1v) is 10.7. The third-order valence-corrected chi connectivity index (χ3v) is 6.29. The van der Waals surface area contributed by atoms with Gasteiger partial charge in [0.1, 0.15) is 0 Å². The highest BCUT2D eigenvalue weighted by Crippen LogP contribution is 2.19. The molecule has 2 N–H and O–H groups in total. The monoisotopic (exact) mass is 364 g/mol. The molecule has 2 amide bonds. The summed E-state index contributed by atoms with van der Waals surface area (Å²) < 4.78 is 0. The third kappa shape index (κ3) is 6.23. The van der Waals surface area contributed by atoms with Gasteiger partial charge in [-0.3, -0.25) is 14.5 Å². The second-order valence-corrected chi connectivity index (χ2v) is 8.29. The standard InChI is InChI=1S/C20H36N4O2/c25-19(22-18-4-2-1-3-5-18)16-23-12-14-24(15-13-23)20(26)7-6-17-8-10-21-11-9-17/h17-18,21H,1-16H2,(H,22,25). The summed E-state index contributed by atoms with van der Waals surface area (Å²) in [5.41, 5.74) is 0. The molecule has 0 spiro atoms. The van der Waals surface area contributed by atoms with Gasteiger partial charge in [0.25, 0.3) is 0 Å². The van der Waals surface area contributed by atoms with Crippen LogP contribution in [0.1, 0.15) is 57.8 Å². The van der Waals surface area contributed by atoms with Crippen LogP contribution < -0.4 is 10.6 Å². The van der Waals surface area contributed by atoms with Gasteiger partial charge in [-0.1, -0.05) is 19.3 Å². The molecule has 2 saturated heterocycles. The van der Waals surface area contributed by atoms with Gasteiger partial charge in [0.15, 0.2) is 0 Å². The zero-order valence-electron chi connectivity index (χ0n) is 16.2. The van der Waals surface area contributed by atoms with Crippen LogP contribution in [-0.2, 0) is 9.59 Å². The van der Waals surface area contributed by atoms with Crippen LogP contribution in [0.5, 0.6) is 0 Å². The van der Waals surface area contributed by atoms with Crippen molar-refractivity contribution in [2.75, 3.05) is 45.8 Å². The highest BCUT2D eigenvalue weighted by atomic mass is 16.2. The van der Waals surface area contributed by atoms with Crippen molar-refractivity contribution in [3.05, 3.63) is 0 Å². The zero-order valence-corrected chi connectivity index (χ0v) is 16.2. The molecule has 6 nitrogen and oxygen atoms in total. The summed E-state index contributed by atoms with van der Waals surface area (Å²) >= 11 is 0. The Morgan fingerprint density at radius 2 is 1.62 bits per heavy atom. The van der Waals surface area contributed by atoms with E-state index in [0.29, 0.717) is 30.8 Å². The van der Waals surface area contributed by atoms with E-state index in [0.717, 1.165) is 58.5 Å². The lowest BCUT2D eigenvalue weighted by molar-refractivity contribution is -0.133. The SMILES string of the molecule is O=C(CN1CCN(C(=O)CCC2CCNCC2)CC1)NC1CCCCC1. The highest BCUT2D eigenvalue weighted by molar-refractivity contribution is 5.78. The van der Waals surface area contributed by atoms with E-state index in [1.165, 1.54) is 32.1 Å². The van der Waals surface area contributed by atoms with Crippen molar-refractivity contribution in [1.82, 2.24) is 20.4 Å². The normalized spacial score (nSPS) is 23.8. The molecule has 0 aromatic carbocycles. The maximum Gasteiger partial charge on any atom is 0.234 e. The fourth-order valence-electron chi connectivity index (χ4n) is 4.53. The van der Waals surface area contributed by atoms with Gasteiger partial charge in [-0.05, 0) is 51.1 Å². The Hall–Kier alpha value is -1.14. The van der Waals surface area contributed by atoms with E-state index in [4.69, 9.17) is 0 Å². The Morgan fingerprint density at radius 1 is 0.923 bits per heavy atom. The molecule has 0 unspecified atom stereocenters. The van der Waals surface area contributed by atoms with Crippen LogP contribution >= 0.6 is 0 Å². The van der Waals surface area contributed by atoms with E-state index in [1.54, 1.807) is 0 Å². The molecule has 1 aliphatic carbocycles. The number of hydrogen-bond acceptors (Lipinski definition) is 4. The molecule has 0 bridgehead atoms. The molecule has 2 heterocycles. The van der Waals surface area contributed by atoms with Crippen LogP contribution in [0.4, 0.5) is 0 Å². The van der Waals surface area contributed by atoms with Crippen molar-refractivity contribution in [2.24, 2.45) is 5.92 Å². The molecule has 1 saturated carbocycles. The maximum absolute atomic E-state index is 12.4. The molecule has 148 valence electrons. The first-order valence-electron chi connectivity index (χ1n) is 10.7. The first kappa shape index (κ1) is 19.6. The van der Waals surface area contributed by atoms with Gasteiger partial charge in [0.05, 0.1) is 6.54 Å². The Labute approximate surface area is 158 Å². The molecule has 2 aliphatic heterocycles. The lowest BCUT2D eigenvalue weighted by atomic mass is 9.93. The minimum Gasteiger partial charge on any atom is -0.352 e. The van der Waals surface area contributed by atoms with E-state index < -0.39 is 0 Å². The van der Waals surface area contributed by atoms with Gasteiger partial charge < -0.3 is 15.5 Å².